The van der Waals surface area contributed by atoms with Crippen LogP contribution < -0.4 is 5.56 Å². The number of fused-ring (bicyclic) bond motifs is 1. The van der Waals surface area contributed by atoms with Gasteiger partial charge in [-0.1, -0.05) is 0 Å². The second kappa shape index (κ2) is 2.45. The van der Waals surface area contributed by atoms with Gasteiger partial charge in [0.15, 0.2) is 10.3 Å². The smallest absolute Gasteiger partial charge is 0.277 e. The van der Waals surface area contributed by atoms with Gasteiger partial charge in [0.1, 0.15) is 0 Å². The van der Waals surface area contributed by atoms with Gasteiger partial charge in [-0.3, -0.25) is 4.79 Å². The number of hydrogen-bond acceptors (Lipinski definition) is 3. The van der Waals surface area contributed by atoms with Crippen LogP contribution in [0, 0.1) is 0 Å². The Bertz CT molecular complexity index is 486. The minimum atomic E-state index is -0.151. The molecule has 0 aliphatic carbocycles. The maximum absolute atomic E-state index is 11.4. The lowest BCUT2D eigenvalue weighted by molar-refractivity contribution is 0.581. The van der Waals surface area contributed by atoms with E-state index in [0.29, 0.717) is 15.6 Å². The first-order valence-corrected chi connectivity index (χ1v) is 4.09. The zero-order chi connectivity index (χ0) is 8.72. The molecule has 0 spiro atoms. The van der Waals surface area contributed by atoms with Crippen LogP contribution in [0.1, 0.15) is 0 Å². The number of aryl methyl sites for hydroxylation is 1. The van der Waals surface area contributed by atoms with Crippen LogP contribution in [-0.4, -0.2) is 9.78 Å². The zero-order valence-electron chi connectivity index (χ0n) is 6.24. The lowest BCUT2D eigenvalue weighted by atomic mass is 10.4. The molecule has 0 bridgehead atoms. The molecular formula is C7H5BrN2O2. The Balaban J connectivity index is 2.99. The Morgan fingerprint density at radius 2 is 2.42 bits per heavy atom. The van der Waals surface area contributed by atoms with Crippen molar-refractivity contribution in [2.45, 2.75) is 0 Å². The van der Waals surface area contributed by atoms with E-state index in [0.717, 1.165) is 0 Å². The maximum atomic E-state index is 11.4. The van der Waals surface area contributed by atoms with Gasteiger partial charge in [-0.15, -0.1) is 0 Å². The van der Waals surface area contributed by atoms with Crippen molar-refractivity contribution in [1.82, 2.24) is 9.78 Å². The number of aromatic nitrogens is 2. The molecule has 0 aliphatic heterocycles. The van der Waals surface area contributed by atoms with Crippen molar-refractivity contribution in [3.63, 3.8) is 0 Å². The van der Waals surface area contributed by atoms with Gasteiger partial charge in [0.25, 0.3) is 5.56 Å². The summed E-state index contributed by atoms with van der Waals surface area (Å²) in [4.78, 5) is 11.4. The summed E-state index contributed by atoms with van der Waals surface area (Å²) in [7, 11) is 1.60. The second-order valence-corrected chi connectivity index (χ2v) is 3.18. The van der Waals surface area contributed by atoms with E-state index in [4.69, 9.17) is 4.42 Å². The van der Waals surface area contributed by atoms with E-state index in [1.54, 1.807) is 13.1 Å². The van der Waals surface area contributed by atoms with Crippen molar-refractivity contribution < 1.29 is 4.42 Å². The molecule has 0 fully saturated rings. The van der Waals surface area contributed by atoms with Crippen LogP contribution in [0.15, 0.2) is 26.1 Å². The molecule has 0 aliphatic rings. The van der Waals surface area contributed by atoms with E-state index < -0.39 is 0 Å². The number of nitrogens with zero attached hydrogens (tertiary/aromatic N) is 2. The van der Waals surface area contributed by atoms with Gasteiger partial charge in [0.05, 0.1) is 11.6 Å². The molecule has 4 nitrogen and oxygen atoms in total. The first-order chi connectivity index (χ1) is 5.68. The van der Waals surface area contributed by atoms with E-state index in [-0.39, 0.29) is 5.56 Å². The largest absolute Gasteiger partial charge is 0.447 e. The van der Waals surface area contributed by atoms with Gasteiger partial charge in [-0.05, 0) is 15.9 Å². The molecule has 0 aromatic carbocycles. The van der Waals surface area contributed by atoms with E-state index in [2.05, 4.69) is 21.0 Å². The SMILES string of the molecule is Cn1ncc2oc(Br)cc2c1=O. The highest BCUT2D eigenvalue weighted by Crippen LogP contribution is 2.18. The number of rotatable bonds is 0. The Labute approximate surface area is 75.9 Å². The predicted molar refractivity (Wildman–Crippen MR) is 47.0 cm³/mol. The molecule has 0 radical (unpaired) electrons. The molecule has 2 aromatic rings. The monoisotopic (exact) mass is 228 g/mol. The summed E-state index contributed by atoms with van der Waals surface area (Å²) in [5.74, 6) is 0. The standard InChI is InChI=1S/C7H5BrN2O2/c1-10-7(11)4-2-6(8)12-5(4)3-9-10/h2-3H,1H3. The summed E-state index contributed by atoms with van der Waals surface area (Å²) >= 11 is 3.14. The number of furan rings is 1. The Morgan fingerprint density at radius 1 is 1.67 bits per heavy atom. The molecule has 0 saturated carbocycles. The molecule has 5 heteroatoms. The summed E-state index contributed by atoms with van der Waals surface area (Å²) in [6.45, 7) is 0. The third kappa shape index (κ3) is 0.972. The van der Waals surface area contributed by atoms with Crippen LogP contribution in [0.25, 0.3) is 11.0 Å². The fourth-order valence-electron chi connectivity index (χ4n) is 1.00. The Hall–Kier alpha value is -1.10. The van der Waals surface area contributed by atoms with Crippen molar-refractivity contribution in [3.8, 4) is 0 Å². The highest BCUT2D eigenvalue weighted by atomic mass is 79.9. The molecule has 0 saturated heterocycles. The van der Waals surface area contributed by atoms with Crippen LogP contribution >= 0.6 is 15.9 Å². The Kier molecular flexibility index (Phi) is 1.54. The lowest BCUT2D eigenvalue weighted by Crippen LogP contribution is -2.17. The molecule has 0 atom stereocenters. The third-order valence-electron chi connectivity index (χ3n) is 1.60. The van der Waals surface area contributed by atoms with Crippen molar-refractivity contribution in [2.75, 3.05) is 0 Å². The van der Waals surface area contributed by atoms with Crippen LogP contribution in [-0.2, 0) is 7.05 Å². The molecule has 0 unspecified atom stereocenters. The zero-order valence-corrected chi connectivity index (χ0v) is 7.83. The fraction of sp³-hybridized carbons (Fsp3) is 0.143. The van der Waals surface area contributed by atoms with Gasteiger partial charge >= 0.3 is 0 Å². The highest BCUT2D eigenvalue weighted by molar-refractivity contribution is 9.10. The summed E-state index contributed by atoms with van der Waals surface area (Å²) in [6, 6.07) is 1.64. The predicted octanol–water partition coefficient (Wildman–Crippen LogP) is 1.29. The average molecular weight is 229 g/mol. The average Bonchev–Trinajstić information content (AvgIpc) is 2.39. The van der Waals surface area contributed by atoms with Crippen LogP contribution in [0.5, 0.6) is 0 Å². The number of hydrogen-bond donors (Lipinski definition) is 0. The van der Waals surface area contributed by atoms with E-state index in [1.807, 2.05) is 0 Å². The molecule has 2 rings (SSSR count). The second-order valence-electron chi connectivity index (χ2n) is 2.40. The van der Waals surface area contributed by atoms with Crippen molar-refractivity contribution in [3.05, 3.63) is 27.3 Å². The minimum Gasteiger partial charge on any atom is -0.447 e. The quantitative estimate of drug-likeness (QED) is 0.683. The molecule has 62 valence electrons. The van der Waals surface area contributed by atoms with E-state index in [9.17, 15) is 4.79 Å². The first-order valence-electron chi connectivity index (χ1n) is 3.30. The van der Waals surface area contributed by atoms with Crippen LogP contribution in [0.3, 0.4) is 0 Å². The normalized spacial score (nSPS) is 10.8. The van der Waals surface area contributed by atoms with Gasteiger partial charge in [-0.2, -0.15) is 5.10 Å². The molecule has 2 heterocycles. The van der Waals surface area contributed by atoms with Crippen molar-refractivity contribution in [2.24, 2.45) is 7.05 Å². The van der Waals surface area contributed by atoms with E-state index >= 15 is 0 Å². The van der Waals surface area contributed by atoms with Crippen LogP contribution in [0.4, 0.5) is 0 Å². The number of halogens is 1. The lowest BCUT2D eigenvalue weighted by Gasteiger charge is -1.91. The first kappa shape index (κ1) is 7.54. The summed E-state index contributed by atoms with van der Waals surface area (Å²) < 4.78 is 6.96. The third-order valence-corrected chi connectivity index (χ3v) is 1.99. The highest BCUT2D eigenvalue weighted by Gasteiger charge is 2.05. The summed E-state index contributed by atoms with van der Waals surface area (Å²) in [5.41, 5.74) is 0.354. The minimum absolute atomic E-state index is 0.151. The fourth-order valence-corrected chi connectivity index (χ4v) is 1.41. The Morgan fingerprint density at radius 3 is 3.17 bits per heavy atom. The van der Waals surface area contributed by atoms with Gasteiger partial charge in [-0.25, -0.2) is 4.68 Å². The van der Waals surface area contributed by atoms with Crippen molar-refractivity contribution in [1.29, 1.82) is 0 Å². The van der Waals surface area contributed by atoms with Gasteiger partial charge < -0.3 is 4.42 Å². The summed E-state index contributed by atoms with van der Waals surface area (Å²) in [6.07, 6.45) is 1.52. The molecule has 0 N–H and O–H groups in total. The maximum Gasteiger partial charge on any atom is 0.277 e. The molecule has 12 heavy (non-hydrogen) atoms. The summed E-state index contributed by atoms with van der Waals surface area (Å²) in [5, 5.41) is 4.35. The van der Waals surface area contributed by atoms with Gasteiger partial charge in [0, 0.05) is 13.1 Å². The molecule has 2 aromatic heterocycles. The van der Waals surface area contributed by atoms with E-state index in [1.165, 1.54) is 10.9 Å². The molecule has 0 amide bonds. The van der Waals surface area contributed by atoms with Gasteiger partial charge in [0.2, 0.25) is 0 Å². The molecular weight excluding hydrogens is 224 g/mol. The van der Waals surface area contributed by atoms with Crippen LogP contribution in [0.2, 0.25) is 0 Å². The van der Waals surface area contributed by atoms with Crippen molar-refractivity contribution >= 4 is 26.9 Å². The topological polar surface area (TPSA) is 48.0 Å².